The number of hydrogen-bond donors (Lipinski definition) is 2. The summed E-state index contributed by atoms with van der Waals surface area (Å²) in [4.78, 5) is 4.27. The molecule has 3 N–H and O–H groups in total. The van der Waals surface area contributed by atoms with Crippen LogP contribution < -0.4 is 11.3 Å². The molecule has 1 aromatic heterocycles. The number of hydrogen-bond acceptors (Lipinski definition) is 4. The van der Waals surface area contributed by atoms with Crippen molar-refractivity contribution in [3.8, 4) is 0 Å². The minimum atomic E-state index is -0.664. The molecular weight excluding hydrogens is 336 g/mol. The molecule has 2 rings (SSSR count). The number of thiazole rings is 1. The molecule has 0 saturated carbocycles. The van der Waals surface area contributed by atoms with Crippen LogP contribution in [0.1, 0.15) is 22.3 Å². The quantitative estimate of drug-likeness (QED) is 0.507. The van der Waals surface area contributed by atoms with Crippen LogP contribution in [0.2, 0.25) is 0 Å². The molecule has 0 spiro atoms. The predicted molar refractivity (Wildman–Crippen MR) is 74.7 cm³/mol. The summed E-state index contributed by atoms with van der Waals surface area (Å²) in [6.07, 6.45) is 0.333. The first kappa shape index (κ1) is 14.5. The van der Waals surface area contributed by atoms with E-state index in [1.54, 1.807) is 0 Å². The van der Waals surface area contributed by atoms with Crippen LogP contribution in [-0.2, 0) is 6.42 Å². The van der Waals surface area contributed by atoms with E-state index in [1.165, 1.54) is 23.5 Å². The molecule has 0 bridgehead atoms. The maximum Gasteiger partial charge on any atom is 0.145 e. The van der Waals surface area contributed by atoms with Gasteiger partial charge in [-0.2, -0.15) is 0 Å². The molecule has 0 fully saturated rings. The third kappa shape index (κ3) is 3.17. The summed E-state index contributed by atoms with van der Waals surface area (Å²) < 4.78 is 28.0. The van der Waals surface area contributed by atoms with Gasteiger partial charge < -0.3 is 0 Å². The van der Waals surface area contributed by atoms with Crippen LogP contribution in [0.4, 0.5) is 8.78 Å². The molecule has 102 valence electrons. The van der Waals surface area contributed by atoms with Gasteiger partial charge in [0.25, 0.3) is 0 Å². The van der Waals surface area contributed by atoms with E-state index in [2.05, 4.69) is 26.3 Å². The van der Waals surface area contributed by atoms with Crippen molar-refractivity contribution < 1.29 is 8.78 Å². The molecule has 1 atom stereocenters. The number of halogens is 3. The fourth-order valence-electron chi connectivity index (χ4n) is 1.78. The van der Waals surface area contributed by atoms with Gasteiger partial charge in [0.1, 0.15) is 11.6 Å². The lowest BCUT2D eigenvalue weighted by Crippen LogP contribution is -2.31. The first-order chi connectivity index (χ1) is 9.02. The first-order valence-corrected chi connectivity index (χ1v) is 7.20. The van der Waals surface area contributed by atoms with E-state index in [9.17, 15) is 8.78 Å². The zero-order valence-corrected chi connectivity index (χ0v) is 12.5. The molecule has 0 aliphatic rings. The normalized spacial score (nSPS) is 12.7. The summed E-state index contributed by atoms with van der Waals surface area (Å²) in [7, 11) is 0. The van der Waals surface area contributed by atoms with E-state index in [0.717, 1.165) is 10.7 Å². The van der Waals surface area contributed by atoms with Crippen molar-refractivity contribution in [1.82, 2.24) is 10.4 Å². The van der Waals surface area contributed by atoms with Gasteiger partial charge in [0.15, 0.2) is 0 Å². The van der Waals surface area contributed by atoms with Crippen LogP contribution >= 0.6 is 27.3 Å². The Hall–Kier alpha value is -0.890. The second-order valence-corrected chi connectivity index (χ2v) is 5.86. The predicted octanol–water partition coefficient (Wildman–Crippen LogP) is 3.24. The smallest absolute Gasteiger partial charge is 0.145 e. The fourth-order valence-corrected chi connectivity index (χ4v) is 2.94. The van der Waals surface area contributed by atoms with Crippen LogP contribution in [0, 0.1) is 18.6 Å². The third-order valence-corrected chi connectivity index (χ3v) is 4.28. The summed E-state index contributed by atoms with van der Waals surface area (Å²) in [5, 5.41) is 2.66. The molecule has 1 heterocycles. The number of aromatic nitrogens is 1. The molecule has 0 saturated heterocycles. The van der Waals surface area contributed by atoms with E-state index in [1.807, 2.05) is 12.3 Å². The van der Waals surface area contributed by atoms with Gasteiger partial charge in [0.05, 0.1) is 15.5 Å². The van der Waals surface area contributed by atoms with Gasteiger partial charge >= 0.3 is 0 Å². The molecule has 0 aliphatic carbocycles. The second kappa shape index (κ2) is 6.04. The Labute approximate surface area is 122 Å². The first-order valence-electron chi connectivity index (χ1n) is 5.53. The highest BCUT2D eigenvalue weighted by Crippen LogP contribution is 2.29. The topological polar surface area (TPSA) is 50.9 Å². The Bertz CT molecular complexity index is 588. The van der Waals surface area contributed by atoms with Crippen LogP contribution in [0.3, 0.4) is 0 Å². The van der Waals surface area contributed by atoms with Crippen LogP contribution in [0.25, 0.3) is 0 Å². The number of nitrogens with one attached hydrogen (secondary N) is 1. The average Bonchev–Trinajstić information content (AvgIpc) is 2.78. The van der Waals surface area contributed by atoms with Crippen molar-refractivity contribution in [3.05, 3.63) is 49.9 Å². The minimum Gasteiger partial charge on any atom is -0.271 e. The minimum absolute atomic E-state index is 0.0790. The highest BCUT2D eigenvalue weighted by molar-refractivity contribution is 9.10. The van der Waals surface area contributed by atoms with Crippen molar-refractivity contribution in [2.24, 2.45) is 5.84 Å². The maximum absolute atomic E-state index is 14.0. The molecule has 2 aromatic rings. The molecule has 0 radical (unpaired) electrons. The van der Waals surface area contributed by atoms with Crippen molar-refractivity contribution in [2.75, 3.05) is 0 Å². The fraction of sp³-hybridized carbons (Fsp3) is 0.250. The average molecular weight is 348 g/mol. The van der Waals surface area contributed by atoms with Crippen molar-refractivity contribution >= 4 is 27.3 Å². The highest BCUT2D eigenvalue weighted by Gasteiger charge is 2.22. The maximum atomic E-state index is 14.0. The van der Waals surface area contributed by atoms with E-state index >= 15 is 0 Å². The summed E-state index contributed by atoms with van der Waals surface area (Å²) in [5.41, 5.74) is 3.25. The Kier molecular flexibility index (Phi) is 4.62. The number of aryl methyl sites for hydroxylation is 1. The molecule has 0 amide bonds. The van der Waals surface area contributed by atoms with Crippen molar-refractivity contribution in [2.45, 2.75) is 19.4 Å². The van der Waals surface area contributed by atoms with E-state index in [-0.39, 0.29) is 10.0 Å². The summed E-state index contributed by atoms with van der Waals surface area (Å²) >= 11 is 4.48. The molecule has 7 heteroatoms. The SMILES string of the molecule is Cc1csc(CC(NN)c2c(F)ccc(Br)c2F)n1. The molecular formula is C12H12BrF2N3S. The van der Waals surface area contributed by atoms with Gasteiger partial charge in [-0.25, -0.2) is 13.8 Å². The summed E-state index contributed by atoms with van der Waals surface area (Å²) in [6, 6.07) is 1.87. The summed E-state index contributed by atoms with van der Waals surface area (Å²) in [6.45, 7) is 1.87. The van der Waals surface area contributed by atoms with Crippen LogP contribution in [0.15, 0.2) is 22.0 Å². The van der Waals surface area contributed by atoms with Crippen molar-refractivity contribution in [3.63, 3.8) is 0 Å². The molecule has 1 unspecified atom stereocenters. The van der Waals surface area contributed by atoms with Crippen LogP contribution in [-0.4, -0.2) is 4.98 Å². The van der Waals surface area contributed by atoms with E-state index in [0.29, 0.717) is 6.42 Å². The lowest BCUT2D eigenvalue weighted by atomic mass is 10.0. The largest absolute Gasteiger partial charge is 0.271 e. The third-order valence-electron chi connectivity index (χ3n) is 2.67. The number of nitrogens with zero attached hydrogens (tertiary/aromatic N) is 1. The monoisotopic (exact) mass is 347 g/mol. The van der Waals surface area contributed by atoms with Gasteiger partial charge in [-0.1, -0.05) is 0 Å². The van der Waals surface area contributed by atoms with Gasteiger partial charge in [0, 0.05) is 23.1 Å². The number of hydrazine groups is 1. The number of nitrogens with two attached hydrogens (primary N) is 1. The summed E-state index contributed by atoms with van der Waals surface area (Å²) in [5.74, 6) is 4.16. The highest BCUT2D eigenvalue weighted by atomic mass is 79.9. The zero-order chi connectivity index (χ0) is 14.0. The Balaban J connectivity index is 2.34. The Morgan fingerprint density at radius 2 is 2.21 bits per heavy atom. The molecule has 1 aromatic carbocycles. The number of benzene rings is 1. The van der Waals surface area contributed by atoms with E-state index in [4.69, 9.17) is 5.84 Å². The lowest BCUT2D eigenvalue weighted by Gasteiger charge is -2.17. The van der Waals surface area contributed by atoms with E-state index < -0.39 is 17.7 Å². The lowest BCUT2D eigenvalue weighted by molar-refractivity contribution is 0.470. The van der Waals surface area contributed by atoms with Crippen LogP contribution in [0.5, 0.6) is 0 Å². The van der Waals surface area contributed by atoms with Gasteiger partial charge in [-0.05, 0) is 35.0 Å². The zero-order valence-electron chi connectivity index (χ0n) is 10.1. The molecule has 3 nitrogen and oxygen atoms in total. The second-order valence-electron chi connectivity index (χ2n) is 4.06. The number of rotatable bonds is 4. The van der Waals surface area contributed by atoms with Crippen molar-refractivity contribution in [1.29, 1.82) is 0 Å². The molecule has 19 heavy (non-hydrogen) atoms. The van der Waals surface area contributed by atoms with Gasteiger partial charge in [-0.3, -0.25) is 11.3 Å². The Morgan fingerprint density at radius 1 is 1.47 bits per heavy atom. The standard InChI is InChI=1S/C12H12BrF2N3S/c1-6-5-19-10(17-6)4-9(18-16)11-8(14)3-2-7(13)12(11)15/h2-3,5,9,18H,4,16H2,1H3. The molecule has 0 aliphatic heterocycles. The van der Waals surface area contributed by atoms with Gasteiger partial charge in [0.2, 0.25) is 0 Å². The van der Waals surface area contributed by atoms with Gasteiger partial charge in [-0.15, -0.1) is 11.3 Å². The Morgan fingerprint density at radius 3 is 2.79 bits per heavy atom.